The minimum absolute atomic E-state index is 0.215. The first-order valence-corrected chi connectivity index (χ1v) is 6.77. The summed E-state index contributed by atoms with van der Waals surface area (Å²) >= 11 is 0. The molecule has 0 bridgehead atoms. The standard InChI is InChI=1S/C17H21NO/c1-3-14-9-11-16(12-10-14)19-13-17(18-2)15-7-5-4-6-8-15/h4-12,17-18H,3,13H2,1-2H3. The van der Waals surface area contributed by atoms with Crippen molar-refractivity contribution in [3.8, 4) is 5.75 Å². The van der Waals surface area contributed by atoms with Crippen molar-refractivity contribution in [1.82, 2.24) is 5.32 Å². The molecule has 2 aromatic carbocycles. The van der Waals surface area contributed by atoms with Gasteiger partial charge in [0.05, 0.1) is 6.04 Å². The van der Waals surface area contributed by atoms with Crippen molar-refractivity contribution in [2.45, 2.75) is 19.4 Å². The maximum atomic E-state index is 5.85. The monoisotopic (exact) mass is 255 g/mol. The van der Waals surface area contributed by atoms with E-state index in [0.717, 1.165) is 12.2 Å². The molecular weight excluding hydrogens is 234 g/mol. The van der Waals surface area contributed by atoms with Crippen molar-refractivity contribution in [2.75, 3.05) is 13.7 Å². The van der Waals surface area contributed by atoms with Crippen LogP contribution in [0.4, 0.5) is 0 Å². The number of aryl methyl sites for hydroxylation is 1. The molecule has 0 aliphatic rings. The van der Waals surface area contributed by atoms with E-state index in [4.69, 9.17) is 4.74 Å². The Hall–Kier alpha value is -1.80. The van der Waals surface area contributed by atoms with Gasteiger partial charge in [0.25, 0.3) is 0 Å². The van der Waals surface area contributed by atoms with Crippen LogP contribution in [0.3, 0.4) is 0 Å². The highest BCUT2D eigenvalue weighted by molar-refractivity contribution is 5.27. The average Bonchev–Trinajstić information content (AvgIpc) is 2.49. The zero-order chi connectivity index (χ0) is 13.5. The summed E-state index contributed by atoms with van der Waals surface area (Å²) in [6.45, 7) is 2.79. The summed E-state index contributed by atoms with van der Waals surface area (Å²) < 4.78 is 5.85. The zero-order valence-corrected chi connectivity index (χ0v) is 11.6. The zero-order valence-electron chi connectivity index (χ0n) is 11.6. The van der Waals surface area contributed by atoms with Crippen LogP contribution >= 0.6 is 0 Å². The molecule has 0 radical (unpaired) electrons. The Morgan fingerprint density at radius 3 is 2.26 bits per heavy atom. The first-order chi connectivity index (χ1) is 9.33. The summed E-state index contributed by atoms with van der Waals surface area (Å²) in [5.41, 5.74) is 2.58. The second kappa shape index (κ2) is 6.95. The van der Waals surface area contributed by atoms with Crippen LogP contribution in [0.15, 0.2) is 54.6 Å². The lowest BCUT2D eigenvalue weighted by Crippen LogP contribution is -2.23. The first kappa shape index (κ1) is 13.6. The van der Waals surface area contributed by atoms with Gasteiger partial charge in [0.1, 0.15) is 12.4 Å². The normalized spacial score (nSPS) is 12.1. The number of ether oxygens (including phenoxy) is 1. The molecule has 2 heteroatoms. The predicted octanol–water partition coefficient (Wildman–Crippen LogP) is 3.59. The van der Waals surface area contributed by atoms with Crippen molar-refractivity contribution in [3.05, 3.63) is 65.7 Å². The van der Waals surface area contributed by atoms with Crippen molar-refractivity contribution < 1.29 is 4.74 Å². The largest absolute Gasteiger partial charge is 0.492 e. The number of hydrogen-bond acceptors (Lipinski definition) is 2. The minimum Gasteiger partial charge on any atom is -0.492 e. The van der Waals surface area contributed by atoms with Crippen LogP contribution in [-0.4, -0.2) is 13.7 Å². The predicted molar refractivity (Wildman–Crippen MR) is 79.6 cm³/mol. The summed E-state index contributed by atoms with van der Waals surface area (Å²) in [6, 6.07) is 18.9. The molecule has 0 aliphatic heterocycles. The molecule has 0 aromatic heterocycles. The molecule has 0 fully saturated rings. The second-order valence-corrected chi connectivity index (χ2v) is 4.56. The van der Waals surface area contributed by atoms with Crippen molar-refractivity contribution in [2.24, 2.45) is 0 Å². The second-order valence-electron chi connectivity index (χ2n) is 4.56. The van der Waals surface area contributed by atoms with E-state index in [9.17, 15) is 0 Å². The third-order valence-electron chi connectivity index (χ3n) is 3.30. The fourth-order valence-corrected chi connectivity index (χ4v) is 2.03. The average molecular weight is 255 g/mol. The van der Waals surface area contributed by atoms with Crippen LogP contribution in [0.2, 0.25) is 0 Å². The van der Waals surface area contributed by atoms with Gasteiger partial charge in [-0.2, -0.15) is 0 Å². The Balaban J connectivity index is 1.96. The number of likely N-dealkylation sites (N-methyl/N-ethyl adjacent to an activating group) is 1. The van der Waals surface area contributed by atoms with Gasteiger partial charge in [-0.3, -0.25) is 0 Å². The quantitative estimate of drug-likeness (QED) is 0.851. The van der Waals surface area contributed by atoms with Gasteiger partial charge in [-0.25, -0.2) is 0 Å². The molecule has 0 aliphatic carbocycles. The van der Waals surface area contributed by atoms with E-state index in [1.54, 1.807) is 0 Å². The summed E-state index contributed by atoms with van der Waals surface area (Å²) in [7, 11) is 1.96. The summed E-state index contributed by atoms with van der Waals surface area (Å²) in [6.07, 6.45) is 1.06. The van der Waals surface area contributed by atoms with E-state index in [0.29, 0.717) is 6.61 Å². The molecule has 0 spiro atoms. The molecule has 2 rings (SSSR count). The number of benzene rings is 2. The molecule has 19 heavy (non-hydrogen) atoms. The van der Waals surface area contributed by atoms with E-state index >= 15 is 0 Å². The summed E-state index contributed by atoms with van der Waals surface area (Å²) in [4.78, 5) is 0. The van der Waals surface area contributed by atoms with Crippen LogP contribution in [-0.2, 0) is 6.42 Å². The highest BCUT2D eigenvalue weighted by Crippen LogP contribution is 2.17. The minimum atomic E-state index is 0.215. The van der Waals surface area contributed by atoms with E-state index < -0.39 is 0 Å². The Morgan fingerprint density at radius 2 is 1.68 bits per heavy atom. The lowest BCUT2D eigenvalue weighted by molar-refractivity contribution is 0.273. The van der Waals surface area contributed by atoms with Crippen LogP contribution in [0.5, 0.6) is 5.75 Å². The van der Waals surface area contributed by atoms with Gasteiger partial charge < -0.3 is 10.1 Å². The first-order valence-electron chi connectivity index (χ1n) is 6.77. The number of rotatable bonds is 6. The van der Waals surface area contributed by atoms with Gasteiger partial charge in [-0.1, -0.05) is 49.4 Å². The maximum Gasteiger partial charge on any atom is 0.119 e. The highest BCUT2D eigenvalue weighted by Gasteiger charge is 2.09. The topological polar surface area (TPSA) is 21.3 Å². The van der Waals surface area contributed by atoms with Crippen LogP contribution < -0.4 is 10.1 Å². The molecule has 1 unspecified atom stereocenters. The third-order valence-corrected chi connectivity index (χ3v) is 3.30. The fourth-order valence-electron chi connectivity index (χ4n) is 2.03. The molecule has 2 nitrogen and oxygen atoms in total. The van der Waals surface area contributed by atoms with Crippen LogP contribution in [0, 0.1) is 0 Å². The Labute approximate surface area is 115 Å². The fraction of sp³-hybridized carbons (Fsp3) is 0.294. The SMILES string of the molecule is CCc1ccc(OCC(NC)c2ccccc2)cc1. The van der Waals surface area contributed by atoms with Gasteiger partial charge in [-0.05, 0) is 36.7 Å². The highest BCUT2D eigenvalue weighted by atomic mass is 16.5. The number of hydrogen-bond donors (Lipinski definition) is 1. The van der Waals surface area contributed by atoms with Gasteiger partial charge in [-0.15, -0.1) is 0 Å². The Bertz CT molecular complexity index is 478. The summed E-state index contributed by atoms with van der Waals surface area (Å²) in [5, 5.41) is 3.29. The molecule has 1 atom stereocenters. The molecule has 0 amide bonds. The van der Waals surface area contributed by atoms with Crippen molar-refractivity contribution >= 4 is 0 Å². The Kier molecular flexibility index (Phi) is 4.99. The lowest BCUT2D eigenvalue weighted by Gasteiger charge is -2.17. The molecule has 0 saturated carbocycles. The molecule has 100 valence electrons. The molecule has 0 heterocycles. The van der Waals surface area contributed by atoms with Gasteiger partial charge in [0, 0.05) is 0 Å². The van der Waals surface area contributed by atoms with E-state index in [1.165, 1.54) is 11.1 Å². The molecule has 2 aromatic rings. The Morgan fingerprint density at radius 1 is 1.00 bits per heavy atom. The van der Waals surface area contributed by atoms with Crippen LogP contribution in [0.1, 0.15) is 24.1 Å². The molecular formula is C17H21NO. The van der Waals surface area contributed by atoms with E-state index in [-0.39, 0.29) is 6.04 Å². The van der Waals surface area contributed by atoms with Crippen molar-refractivity contribution in [3.63, 3.8) is 0 Å². The summed E-state index contributed by atoms with van der Waals surface area (Å²) in [5.74, 6) is 0.924. The third kappa shape index (κ3) is 3.83. The number of nitrogens with one attached hydrogen (secondary N) is 1. The van der Waals surface area contributed by atoms with E-state index in [2.05, 4.69) is 48.6 Å². The van der Waals surface area contributed by atoms with Crippen molar-refractivity contribution in [1.29, 1.82) is 0 Å². The van der Waals surface area contributed by atoms with E-state index in [1.807, 2.05) is 25.2 Å². The smallest absolute Gasteiger partial charge is 0.119 e. The lowest BCUT2D eigenvalue weighted by atomic mass is 10.1. The molecule has 1 N–H and O–H groups in total. The van der Waals surface area contributed by atoms with Gasteiger partial charge in [0.15, 0.2) is 0 Å². The van der Waals surface area contributed by atoms with Crippen LogP contribution in [0.25, 0.3) is 0 Å². The molecule has 0 saturated heterocycles. The maximum absolute atomic E-state index is 5.85. The van der Waals surface area contributed by atoms with Gasteiger partial charge in [0.2, 0.25) is 0 Å². The van der Waals surface area contributed by atoms with Gasteiger partial charge >= 0.3 is 0 Å².